The molecule has 0 saturated carbocycles. The molecule has 0 amide bonds. The van der Waals surface area contributed by atoms with Crippen molar-refractivity contribution in [2.75, 3.05) is 19.8 Å². The topological polar surface area (TPSA) is 198 Å². The number of ether oxygens (including phenoxy) is 10. The number of aliphatic hydroxyl groups excluding tert-OH is 1. The molecule has 2 heterocycles. The molecule has 2 fully saturated rings. The summed E-state index contributed by atoms with van der Waals surface area (Å²) in [6.45, 7) is 3.66. The van der Waals surface area contributed by atoms with Crippen LogP contribution in [-0.4, -0.2) is 110 Å². The summed E-state index contributed by atoms with van der Waals surface area (Å²) in [6, 6.07) is 56.5. The normalized spacial score (nSPS) is 23.4. The highest BCUT2D eigenvalue weighted by Gasteiger charge is 2.65. The summed E-state index contributed by atoms with van der Waals surface area (Å²) >= 11 is 0. The number of hydrogen-bond donors (Lipinski definition) is 1. The minimum absolute atomic E-state index is 0.399. The molecular weight excluding hydrogens is 977 g/mol. The molecule has 2 aliphatic rings. The molecule has 0 bridgehead atoms. The van der Waals surface area contributed by atoms with Crippen molar-refractivity contribution < 1.29 is 76.4 Å². The fourth-order valence-corrected chi connectivity index (χ4v) is 10.1. The Kier molecular flexibility index (Phi) is 17.6. The van der Waals surface area contributed by atoms with E-state index in [1.165, 1.54) is 6.92 Å². The van der Waals surface area contributed by atoms with Gasteiger partial charge in [0.15, 0.2) is 30.5 Å². The lowest BCUT2D eigenvalue weighted by molar-refractivity contribution is -0.388. The van der Waals surface area contributed by atoms with Crippen molar-refractivity contribution in [2.24, 2.45) is 0 Å². The Labute approximate surface area is 440 Å². The Hall–Kier alpha value is -7.57. The lowest BCUT2D eigenvalue weighted by Crippen LogP contribution is -2.65. The van der Waals surface area contributed by atoms with Gasteiger partial charge in [-0.3, -0.25) is 24.0 Å². The Morgan fingerprint density at radius 2 is 0.763 bits per heavy atom. The molecule has 6 aromatic rings. The van der Waals surface area contributed by atoms with Gasteiger partial charge in [0, 0.05) is 34.6 Å². The van der Waals surface area contributed by atoms with Crippen molar-refractivity contribution in [3.63, 3.8) is 0 Å². The molecule has 1 N–H and O–H groups in total. The molecule has 0 unspecified atom stereocenters. The maximum absolute atomic E-state index is 13.7. The molecule has 16 heteroatoms. The Morgan fingerprint density at radius 1 is 0.434 bits per heavy atom. The monoisotopic (exact) mass is 1040 g/mol. The van der Waals surface area contributed by atoms with Crippen LogP contribution < -0.4 is 0 Å². The smallest absolute Gasteiger partial charge is 0.303 e. The molecule has 76 heavy (non-hydrogen) atoms. The molecule has 8 rings (SSSR count). The average molecular weight is 1040 g/mol. The van der Waals surface area contributed by atoms with Crippen molar-refractivity contribution in [1.29, 1.82) is 0 Å². The van der Waals surface area contributed by atoms with E-state index < -0.39 is 116 Å². The third kappa shape index (κ3) is 11.8. The van der Waals surface area contributed by atoms with Crippen LogP contribution in [0.5, 0.6) is 0 Å². The third-order valence-corrected chi connectivity index (χ3v) is 13.1. The SMILES string of the molecule is CC(=O)O[C@H]1[C@@H](OC(C)=O)[C@@H](CO)O[C@H](O[C@]2(COC(c3ccccc3)(c3ccccc3)c3ccccc3)O[C@H](COC(c3ccccc3)(c3ccccc3)c3ccccc3)[C@@H](OC(C)=O)[C@@H]2OC(C)=O)[C@@H]1OC(C)=O. The molecule has 0 spiro atoms. The van der Waals surface area contributed by atoms with Gasteiger partial charge in [-0.2, -0.15) is 0 Å². The molecule has 6 aromatic carbocycles. The summed E-state index contributed by atoms with van der Waals surface area (Å²) in [4.78, 5) is 65.9. The number of hydrogen-bond acceptors (Lipinski definition) is 16. The lowest BCUT2D eigenvalue weighted by atomic mass is 9.80. The van der Waals surface area contributed by atoms with Crippen LogP contribution >= 0.6 is 0 Å². The van der Waals surface area contributed by atoms with Crippen LogP contribution in [0.1, 0.15) is 68.0 Å². The van der Waals surface area contributed by atoms with Gasteiger partial charge in [-0.15, -0.1) is 0 Å². The van der Waals surface area contributed by atoms with Crippen LogP contribution in [-0.2, 0) is 82.5 Å². The summed E-state index contributed by atoms with van der Waals surface area (Å²) in [5, 5.41) is 10.9. The van der Waals surface area contributed by atoms with Gasteiger partial charge in [0.2, 0.25) is 12.1 Å². The fourth-order valence-electron chi connectivity index (χ4n) is 10.1. The summed E-state index contributed by atoms with van der Waals surface area (Å²) in [5.41, 5.74) is 1.23. The summed E-state index contributed by atoms with van der Waals surface area (Å²) in [5.74, 6) is -6.78. The van der Waals surface area contributed by atoms with E-state index >= 15 is 0 Å². The molecule has 396 valence electrons. The van der Waals surface area contributed by atoms with E-state index in [0.717, 1.165) is 44.4 Å². The summed E-state index contributed by atoms with van der Waals surface area (Å²) in [7, 11) is 0. The molecule has 0 aliphatic carbocycles. The largest absolute Gasteiger partial charge is 0.456 e. The molecule has 9 atom stereocenters. The predicted molar refractivity (Wildman–Crippen MR) is 273 cm³/mol. The van der Waals surface area contributed by atoms with Gasteiger partial charge < -0.3 is 52.5 Å². The van der Waals surface area contributed by atoms with Gasteiger partial charge in [0.25, 0.3) is 0 Å². The number of carbonyl (C=O) groups is 5. The van der Waals surface area contributed by atoms with Crippen molar-refractivity contribution in [3.8, 4) is 0 Å². The van der Waals surface area contributed by atoms with E-state index in [9.17, 15) is 29.1 Å². The number of carbonyl (C=O) groups excluding carboxylic acids is 5. The molecule has 0 aromatic heterocycles. The van der Waals surface area contributed by atoms with E-state index in [2.05, 4.69) is 0 Å². The number of aliphatic hydroxyl groups is 1. The van der Waals surface area contributed by atoms with Crippen molar-refractivity contribution >= 4 is 29.8 Å². The molecule has 2 aliphatic heterocycles. The third-order valence-electron chi connectivity index (χ3n) is 13.1. The maximum atomic E-state index is 13.7. The van der Waals surface area contributed by atoms with Gasteiger partial charge in [-0.25, -0.2) is 0 Å². The minimum Gasteiger partial charge on any atom is -0.456 e. The van der Waals surface area contributed by atoms with Gasteiger partial charge >= 0.3 is 29.8 Å². The van der Waals surface area contributed by atoms with E-state index in [0.29, 0.717) is 16.7 Å². The summed E-state index contributed by atoms with van der Waals surface area (Å²) in [6.07, 6.45) is -13.1. The van der Waals surface area contributed by atoms with Crippen LogP contribution in [0.2, 0.25) is 0 Å². The van der Waals surface area contributed by atoms with Crippen LogP contribution in [0, 0.1) is 0 Å². The number of benzene rings is 6. The van der Waals surface area contributed by atoms with E-state index in [4.69, 9.17) is 47.4 Å². The first-order valence-electron chi connectivity index (χ1n) is 24.8. The first kappa shape index (κ1) is 54.7. The number of esters is 5. The van der Waals surface area contributed by atoms with Crippen molar-refractivity contribution in [3.05, 3.63) is 215 Å². The zero-order valence-electron chi connectivity index (χ0n) is 42.6. The Bertz CT molecular complexity index is 2680. The highest BCUT2D eigenvalue weighted by Crippen LogP contribution is 2.48. The van der Waals surface area contributed by atoms with Gasteiger partial charge in [-0.05, 0) is 33.4 Å². The molecule has 16 nitrogen and oxygen atoms in total. The average Bonchev–Trinajstić information content (AvgIpc) is 3.82. The van der Waals surface area contributed by atoms with Gasteiger partial charge in [0.05, 0.1) is 13.2 Å². The highest BCUT2D eigenvalue weighted by atomic mass is 16.8. The summed E-state index contributed by atoms with van der Waals surface area (Å²) < 4.78 is 65.0. The molecular formula is C60H60O16. The second-order valence-corrected chi connectivity index (χ2v) is 18.3. The molecule has 0 radical (unpaired) electrons. The van der Waals surface area contributed by atoms with E-state index in [1.54, 1.807) is 0 Å². The second kappa shape index (κ2) is 24.4. The maximum Gasteiger partial charge on any atom is 0.303 e. The van der Waals surface area contributed by atoms with Crippen LogP contribution in [0.15, 0.2) is 182 Å². The van der Waals surface area contributed by atoms with E-state index in [1.807, 2.05) is 182 Å². The second-order valence-electron chi connectivity index (χ2n) is 18.3. The standard InChI is InChI=1S/C60H60O16/c1-39(62)69-52-50(36-61)74-57(55(72-42(4)65)54(52)71-41(3)64)76-58(38-68-60(47-30-18-9-19-31-47,48-32-20-10-21-33-48)49-34-22-11-23-35-49)56(73-43(5)66)53(70-40(2)63)51(75-58)37-67-59(44-24-12-6-13-25-44,45-26-14-7-15-27-45)46-28-16-8-17-29-46/h6-35,50-57,61H,36-38H2,1-5H3/t50-,51-,52+,53-,54+,55-,56+,57-,58+/m1/s1. The van der Waals surface area contributed by atoms with Gasteiger partial charge in [-0.1, -0.05) is 182 Å². The minimum atomic E-state index is -2.49. The lowest BCUT2D eigenvalue weighted by Gasteiger charge is -2.47. The first-order valence-corrected chi connectivity index (χ1v) is 24.8. The quantitative estimate of drug-likeness (QED) is 0.0448. The first-order chi connectivity index (χ1) is 36.7. The zero-order valence-corrected chi connectivity index (χ0v) is 42.6. The fraction of sp³-hybridized carbons (Fsp3) is 0.317. The van der Waals surface area contributed by atoms with Gasteiger partial charge in [0.1, 0.15) is 30.0 Å². The zero-order chi connectivity index (χ0) is 53.9. The number of rotatable bonds is 20. The van der Waals surface area contributed by atoms with Crippen LogP contribution in [0.25, 0.3) is 0 Å². The Morgan fingerprint density at radius 3 is 1.12 bits per heavy atom. The van der Waals surface area contributed by atoms with E-state index in [-0.39, 0.29) is 0 Å². The van der Waals surface area contributed by atoms with Crippen molar-refractivity contribution in [1.82, 2.24) is 0 Å². The van der Waals surface area contributed by atoms with Crippen LogP contribution in [0.4, 0.5) is 0 Å². The van der Waals surface area contributed by atoms with Crippen LogP contribution in [0.3, 0.4) is 0 Å². The Balaban J connectivity index is 1.35. The molecule has 2 saturated heterocycles. The predicted octanol–water partition coefficient (Wildman–Crippen LogP) is 7.49. The highest BCUT2D eigenvalue weighted by molar-refractivity contribution is 5.69. The van der Waals surface area contributed by atoms with Crippen molar-refractivity contribution in [2.45, 2.75) is 101 Å².